The number of hydrogen-bond donors (Lipinski definition) is 2. The van der Waals surface area contributed by atoms with Gasteiger partial charge in [0.25, 0.3) is 5.91 Å². The van der Waals surface area contributed by atoms with Gasteiger partial charge in [0, 0.05) is 36.0 Å². The van der Waals surface area contributed by atoms with Crippen LogP contribution in [0, 0.1) is 5.82 Å². The van der Waals surface area contributed by atoms with Gasteiger partial charge in [-0.15, -0.1) is 13.2 Å². The molecule has 34 heavy (non-hydrogen) atoms. The SMILES string of the molecule is NNC(=O)c1ccc(CN(C(=O)N2CCS(=O)(=O)CC2)c2cccc(OC(F)(F)F)c2)c(F)c1. The van der Waals surface area contributed by atoms with Crippen LogP contribution in [-0.2, 0) is 16.4 Å². The van der Waals surface area contributed by atoms with Crippen LogP contribution in [0.3, 0.4) is 0 Å². The molecule has 2 aromatic rings. The molecule has 1 saturated heterocycles. The Morgan fingerprint density at radius 2 is 1.79 bits per heavy atom. The van der Waals surface area contributed by atoms with Crippen molar-refractivity contribution in [3.05, 3.63) is 59.4 Å². The molecule has 2 aromatic carbocycles. The standard InChI is InChI=1S/C20H20F4N4O5S/c21-17-10-13(18(29)26-25)4-5-14(17)12-28(19(30)27-6-8-34(31,32)9-7-27)15-2-1-3-16(11-15)33-20(22,23)24/h1-5,10-11H,6-9,12,25H2,(H,26,29). The molecule has 0 bridgehead atoms. The van der Waals surface area contributed by atoms with Crippen molar-refractivity contribution in [3.8, 4) is 5.75 Å². The molecule has 3 amide bonds. The fourth-order valence-electron chi connectivity index (χ4n) is 3.26. The number of amides is 3. The Balaban J connectivity index is 1.95. The lowest BCUT2D eigenvalue weighted by Gasteiger charge is -2.33. The molecule has 3 rings (SSSR count). The Morgan fingerprint density at radius 3 is 2.38 bits per heavy atom. The molecule has 1 fully saturated rings. The number of nitrogens with zero attached hydrogens (tertiary/aromatic N) is 2. The first kappa shape index (κ1) is 25.2. The van der Waals surface area contributed by atoms with Gasteiger partial charge in [-0.05, 0) is 24.3 Å². The summed E-state index contributed by atoms with van der Waals surface area (Å²) in [6.45, 7) is -0.684. The second kappa shape index (κ2) is 9.85. The van der Waals surface area contributed by atoms with Gasteiger partial charge in [0.15, 0.2) is 9.84 Å². The first-order chi connectivity index (χ1) is 15.9. The molecule has 0 saturated carbocycles. The topological polar surface area (TPSA) is 122 Å². The van der Waals surface area contributed by atoms with E-state index in [-0.39, 0.29) is 41.4 Å². The van der Waals surface area contributed by atoms with Gasteiger partial charge in [0.05, 0.1) is 18.1 Å². The third-order valence-corrected chi connectivity index (χ3v) is 6.59. The number of nitrogens with two attached hydrogens (primary N) is 1. The van der Waals surface area contributed by atoms with Crippen LogP contribution in [0.4, 0.5) is 28.0 Å². The van der Waals surface area contributed by atoms with Crippen LogP contribution < -0.4 is 20.9 Å². The van der Waals surface area contributed by atoms with Gasteiger partial charge in [-0.3, -0.25) is 15.1 Å². The van der Waals surface area contributed by atoms with Crippen molar-refractivity contribution in [3.63, 3.8) is 0 Å². The number of sulfone groups is 1. The highest BCUT2D eigenvalue weighted by Crippen LogP contribution is 2.29. The first-order valence-corrected chi connectivity index (χ1v) is 11.6. The number of nitrogens with one attached hydrogen (secondary N) is 1. The number of anilines is 1. The molecule has 184 valence electrons. The average Bonchev–Trinajstić information content (AvgIpc) is 2.76. The highest BCUT2D eigenvalue weighted by atomic mass is 32.2. The molecular formula is C20H20F4N4O5S. The highest BCUT2D eigenvalue weighted by molar-refractivity contribution is 7.91. The quantitative estimate of drug-likeness (QED) is 0.279. The maximum atomic E-state index is 14.7. The highest BCUT2D eigenvalue weighted by Gasteiger charge is 2.32. The largest absolute Gasteiger partial charge is 0.573 e. The minimum Gasteiger partial charge on any atom is -0.406 e. The second-order valence-electron chi connectivity index (χ2n) is 7.33. The molecule has 1 aliphatic rings. The van der Waals surface area contributed by atoms with Crippen molar-refractivity contribution in [1.29, 1.82) is 0 Å². The second-order valence-corrected chi connectivity index (χ2v) is 9.64. The van der Waals surface area contributed by atoms with Crippen LogP contribution in [0.15, 0.2) is 42.5 Å². The molecule has 0 radical (unpaired) electrons. The van der Waals surface area contributed by atoms with Crippen LogP contribution in [0.5, 0.6) is 5.75 Å². The first-order valence-electron chi connectivity index (χ1n) is 9.80. The number of carbonyl (C=O) groups is 2. The minimum absolute atomic E-state index is 0.0386. The maximum Gasteiger partial charge on any atom is 0.573 e. The van der Waals surface area contributed by atoms with E-state index in [1.807, 2.05) is 5.43 Å². The van der Waals surface area contributed by atoms with E-state index in [1.165, 1.54) is 29.2 Å². The van der Waals surface area contributed by atoms with Crippen LogP contribution in [0.2, 0.25) is 0 Å². The van der Waals surface area contributed by atoms with E-state index in [9.17, 15) is 35.6 Å². The zero-order valence-electron chi connectivity index (χ0n) is 17.5. The van der Waals surface area contributed by atoms with E-state index >= 15 is 0 Å². The number of halogens is 4. The molecule has 1 heterocycles. The lowest BCUT2D eigenvalue weighted by molar-refractivity contribution is -0.274. The molecule has 0 aromatic heterocycles. The molecule has 0 atom stereocenters. The number of ether oxygens (including phenoxy) is 1. The van der Waals surface area contributed by atoms with Crippen molar-refractivity contribution in [1.82, 2.24) is 10.3 Å². The van der Waals surface area contributed by atoms with E-state index in [1.54, 1.807) is 0 Å². The third kappa shape index (κ3) is 6.35. The van der Waals surface area contributed by atoms with Gasteiger partial charge in [0.2, 0.25) is 0 Å². The lowest BCUT2D eigenvalue weighted by Crippen LogP contribution is -2.49. The zero-order chi connectivity index (χ0) is 25.1. The number of hydrogen-bond acceptors (Lipinski definition) is 6. The van der Waals surface area contributed by atoms with E-state index in [4.69, 9.17) is 5.84 Å². The fraction of sp³-hybridized carbons (Fsp3) is 0.300. The Bertz CT molecular complexity index is 1180. The van der Waals surface area contributed by atoms with Gasteiger partial charge in [-0.1, -0.05) is 12.1 Å². The molecule has 0 aliphatic carbocycles. The number of carbonyl (C=O) groups excluding carboxylic acids is 2. The Hall–Kier alpha value is -3.39. The average molecular weight is 504 g/mol. The summed E-state index contributed by atoms with van der Waals surface area (Å²) in [4.78, 5) is 27.1. The van der Waals surface area contributed by atoms with Crippen molar-refractivity contribution in [2.24, 2.45) is 5.84 Å². The summed E-state index contributed by atoms with van der Waals surface area (Å²) in [5.41, 5.74) is 1.69. The van der Waals surface area contributed by atoms with E-state index in [0.717, 1.165) is 23.1 Å². The molecule has 14 heteroatoms. The predicted octanol–water partition coefficient (Wildman–Crippen LogP) is 2.18. The monoisotopic (exact) mass is 504 g/mol. The Labute approximate surface area is 192 Å². The summed E-state index contributed by atoms with van der Waals surface area (Å²) in [5, 5.41) is 0. The number of nitrogen functional groups attached to an aromatic ring is 1. The molecule has 3 N–H and O–H groups in total. The van der Waals surface area contributed by atoms with Gasteiger partial charge >= 0.3 is 12.4 Å². The molecule has 0 unspecified atom stereocenters. The Kier molecular flexibility index (Phi) is 7.31. The van der Waals surface area contributed by atoms with Crippen LogP contribution in [0.25, 0.3) is 0 Å². The normalized spacial score (nSPS) is 15.5. The number of hydrazine groups is 1. The smallest absolute Gasteiger partial charge is 0.406 e. The summed E-state index contributed by atoms with van der Waals surface area (Å²) in [7, 11) is -3.31. The lowest BCUT2D eigenvalue weighted by atomic mass is 10.1. The minimum atomic E-state index is -4.97. The van der Waals surface area contributed by atoms with Crippen molar-refractivity contribution < 1.29 is 40.3 Å². The van der Waals surface area contributed by atoms with E-state index < -0.39 is 46.2 Å². The van der Waals surface area contributed by atoms with E-state index in [2.05, 4.69) is 4.74 Å². The maximum absolute atomic E-state index is 14.7. The van der Waals surface area contributed by atoms with Crippen LogP contribution in [-0.4, -0.2) is 56.2 Å². The molecular weight excluding hydrogens is 484 g/mol. The summed E-state index contributed by atoms with van der Waals surface area (Å²) < 4.78 is 80.1. The molecule has 1 aliphatic heterocycles. The fourth-order valence-corrected chi connectivity index (χ4v) is 4.46. The van der Waals surface area contributed by atoms with Crippen LogP contribution >= 0.6 is 0 Å². The number of rotatable bonds is 5. The molecule has 0 spiro atoms. The summed E-state index contributed by atoms with van der Waals surface area (Å²) in [5.74, 6) is 2.28. The third-order valence-electron chi connectivity index (χ3n) is 4.98. The van der Waals surface area contributed by atoms with Crippen molar-refractivity contribution >= 4 is 27.5 Å². The van der Waals surface area contributed by atoms with Crippen LogP contribution in [0.1, 0.15) is 15.9 Å². The Morgan fingerprint density at radius 1 is 1.12 bits per heavy atom. The van der Waals surface area contributed by atoms with Gasteiger partial charge < -0.3 is 9.64 Å². The van der Waals surface area contributed by atoms with Gasteiger partial charge in [0.1, 0.15) is 11.6 Å². The number of alkyl halides is 3. The number of urea groups is 1. The number of benzene rings is 2. The predicted molar refractivity (Wildman–Crippen MR) is 113 cm³/mol. The summed E-state index contributed by atoms with van der Waals surface area (Å²) in [6, 6.07) is 7.21. The van der Waals surface area contributed by atoms with Crippen molar-refractivity contribution in [2.75, 3.05) is 29.5 Å². The van der Waals surface area contributed by atoms with Crippen molar-refractivity contribution in [2.45, 2.75) is 12.9 Å². The molecule has 9 nitrogen and oxygen atoms in total. The van der Waals surface area contributed by atoms with E-state index in [0.29, 0.717) is 0 Å². The van der Waals surface area contributed by atoms with Gasteiger partial charge in [-0.2, -0.15) is 0 Å². The summed E-state index contributed by atoms with van der Waals surface area (Å²) in [6.07, 6.45) is -4.97. The summed E-state index contributed by atoms with van der Waals surface area (Å²) >= 11 is 0. The van der Waals surface area contributed by atoms with Gasteiger partial charge in [-0.25, -0.2) is 23.4 Å². The zero-order valence-corrected chi connectivity index (χ0v) is 18.3.